The molecule has 3 N–H and O–H groups in total. The van der Waals surface area contributed by atoms with Gasteiger partial charge in [0, 0.05) is 31.2 Å². The van der Waals surface area contributed by atoms with Crippen molar-refractivity contribution >= 4 is 34.7 Å². The molecule has 3 heterocycles. The van der Waals surface area contributed by atoms with Crippen molar-refractivity contribution in [3.05, 3.63) is 47.7 Å². The van der Waals surface area contributed by atoms with Gasteiger partial charge in [-0.15, -0.1) is 0 Å². The summed E-state index contributed by atoms with van der Waals surface area (Å²) < 4.78 is 47.5. The summed E-state index contributed by atoms with van der Waals surface area (Å²) in [5.41, 5.74) is -3.17. The highest BCUT2D eigenvalue weighted by molar-refractivity contribution is 8.00. The van der Waals surface area contributed by atoms with Crippen LogP contribution in [-0.2, 0) is 0 Å². The lowest BCUT2D eigenvalue weighted by Gasteiger charge is -2.30. The van der Waals surface area contributed by atoms with E-state index in [0.29, 0.717) is 34.3 Å². The minimum atomic E-state index is -4.50. The van der Waals surface area contributed by atoms with Crippen molar-refractivity contribution in [2.75, 3.05) is 51.5 Å². The van der Waals surface area contributed by atoms with Crippen LogP contribution >= 0.6 is 11.8 Å². The molecule has 5 rings (SSSR count). The fourth-order valence-electron chi connectivity index (χ4n) is 5.09. The molecule has 1 saturated heterocycles. The van der Waals surface area contributed by atoms with Crippen LogP contribution in [0.3, 0.4) is 0 Å². The number of piperidine rings is 1. The summed E-state index contributed by atoms with van der Waals surface area (Å²) in [6.07, 6.45) is 2.00. The van der Waals surface area contributed by atoms with Gasteiger partial charge in [0.05, 0.1) is 29.8 Å². The number of hydrogen-bond donors (Lipinski definition) is 3. The van der Waals surface area contributed by atoms with Gasteiger partial charge in [0.25, 0.3) is 5.91 Å². The van der Waals surface area contributed by atoms with Crippen molar-refractivity contribution < 1.29 is 22.7 Å². The average molecular weight is 559 g/mol. The SMILES string of the molecule is CNC(=O)c1ccc(OC)c(NCC#Cc2nn3c(NC45CCN(C)C[C@@H]4C5)cccc3c2SC(F)(F)F)c1. The van der Waals surface area contributed by atoms with Crippen LogP contribution in [0, 0.1) is 17.8 Å². The van der Waals surface area contributed by atoms with E-state index in [0.717, 1.165) is 25.9 Å². The molecule has 8 nitrogen and oxygen atoms in total. The third-order valence-electron chi connectivity index (χ3n) is 7.17. The van der Waals surface area contributed by atoms with Gasteiger partial charge in [-0.1, -0.05) is 12.0 Å². The van der Waals surface area contributed by atoms with Crippen LogP contribution in [0.4, 0.5) is 24.7 Å². The van der Waals surface area contributed by atoms with E-state index in [-0.39, 0.29) is 40.3 Å². The lowest BCUT2D eigenvalue weighted by molar-refractivity contribution is -0.0327. The van der Waals surface area contributed by atoms with Crippen molar-refractivity contribution in [1.82, 2.24) is 19.8 Å². The minimum Gasteiger partial charge on any atom is -0.495 e. The Kier molecular flexibility index (Phi) is 7.31. The largest absolute Gasteiger partial charge is 0.495 e. The van der Waals surface area contributed by atoms with E-state index >= 15 is 0 Å². The van der Waals surface area contributed by atoms with Gasteiger partial charge in [-0.2, -0.15) is 18.3 Å². The lowest BCUT2D eigenvalue weighted by Crippen LogP contribution is -2.39. The number of aromatic nitrogens is 2. The first-order valence-corrected chi connectivity index (χ1v) is 13.3. The van der Waals surface area contributed by atoms with E-state index < -0.39 is 5.51 Å². The number of methoxy groups -OCH3 is 1. The number of carbonyl (C=O) groups excluding carboxylic acids is 1. The quantitative estimate of drug-likeness (QED) is 0.295. The molecule has 1 aromatic carbocycles. The van der Waals surface area contributed by atoms with Gasteiger partial charge < -0.3 is 25.6 Å². The molecule has 2 aliphatic rings. The van der Waals surface area contributed by atoms with E-state index in [4.69, 9.17) is 4.74 Å². The minimum absolute atomic E-state index is 0.0360. The number of thioether (sulfide) groups is 1. The Balaban J connectivity index is 1.41. The summed E-state index contributed by atoms with van der Waals surface area (Å²) in [6.45, 7) is 2.06. The number of rotatable bonds is 7. The number of hydrogen-bond acceptors (Lipinski definition) is 7. The molecule has 1 saturated carbocycles. The van der Waals surface area contributed by atoms with E-state index in [2.05, 4.69) is 44.8 Å². The van der Waals surface area contributed by atoms with Crippen LogP contribution in [-0.4, -0.2) is 72.3 Å². The molecule has 0 radical (unpaired) electrons. The summed E-state index contributed by atoms with van der Waals surface area (Å²) in [4.78, 5) is 14.3. The smallest absolute Gasteiger partial charge is 0.446 e. The Morgan fingerprint density at radius 2 is 2.13 bits per heavy atom. The number of pyridine rings is 1. The molecule has 206 valence electrons. The highest BCUT2D eigenvalue weighted by Crippen LogP contribution is 2.51. The summed E-state index contributed by atoms with van der Waals surface area (Å²) in [7, 11) is 5.14. The summed E-state index contributed by atoms with van der Waals surface area (Å²) >= 11 is -0.209. The molecule has 1 amide bonds. The van der Waals surface area contributed by atoms with Gasteiger partial charge in [-0.05, 0) is 73.8 Å². The second-order valence-electron chi connectivity index (χ2n) is 9.78. The molecule has 0 spiro atoms. The van der Waals surface area contributed by atoms with Crippen LogP contribution in [0.15, 0.2) is 41.3 Å². The number of amides is 1. The molecule has 3 aromatic rings. The molecular formula is C27H29F3N6O2S. The first kappa shape index (κ1) is 27.0. The third-order valence-corrected chi connectivity index (χ3v) is 8.01. The van der Waals surface area contributed by atoms with Crippen molar-refractivity contribution in [1.29, 1.82) is 0 Å². The molecule has 1 unspecified atom stereocenters. The maximum Gasteiger partial charge on any atom is 0.446 e. The van der Waals surface area contributed by atoms with Gasteiger partial charge in [0.2, 0.25) is 0 Å². The van der Waals surface area contributed by atoms with Crippen LogP contribution in [0.5, 0.6) is 5.75 Å². The predicted molar refractivity (Wildman–Crippen MR) is 145 cm³/mol. The van der Waals surface area contributed by atoms with E-state index in [9.17, 15) is 18.0 Å². The molecule has 2 fully saturated rings. The number of anilines is 2. The van der Waals surface area contributed by atoms with Gasteiger partial charge in [-0.3, -0.25) is 4.79 Å². The Bertz CT molecular complexity index is 1460. The highest BCUT2D eigenvalue weighted by atomic mass is 32.2. The van der Waals surface area contributed by atoms with Crippen molar-refractivity contribution in [2.24, 2.45) is 5.92 Å². The topological polar surface area (TPSA) is 82.9 Å². The van der Waals surface area contributed by atoms with Gasteiger partial charge in [0.1, 0.15) is 17.3 Å². The number of alkyl halides is 3. The van der Waals surface area contributed by atoms with Crippen molar-refractivity contribution in [3.8, 4) is 17.6 Å². The van der Waals surface area contributed by atoms with E-state index in [1.807, 2.05) is 6.07 Å². The highest BCUT2D eigenvalue weighted by Gasteiger charge is 2.56. The molecule has 0 bridgehead atoms. The standard InChI is InChI=1S/C27H29F3N6O2S/c1-31-25(37)17-9-10-22(38-3)20(14-17)32-12-5-6-19-24(39-27(28,29)30)21-7-4-8-23(36(21)34-19)33-26-11-13-35(2)16-18(26)15-26/h4,7-10,14,18,32-33H,11-13,15-16H2,1-3H3,(H,31,37)/t18-,26?/m0/s1. The van der Waals surface area contributed by atoms with Gasteiger partial charge in [-0.25, -0.2) is 4.52 Å². The van der Waals surface area contributed by atoms with E-state index in [1.54, 1.807) is 30.3 Å². The number of likely N-dealkylation sites (tertiary alicyclic amines) is 1. The van der Waals surface area contributed by atoms with Crippen LogP contribution in [0.25, 0.3) is 5.52 Å². The van der Waals surface area contributed by atoms with Gasteiger partial charge in [0.15, 0.2) is 0 Å². The number of ether oxygens (including phenoxy) is 1. The average Bonchev–Trinajstić information content (AvgIpc) is 3.50. The molecule has 12 heteroatoms. The second kappa shape index (κ2) is 10.5. The normalized spacial score (nSPS) is 20.5. The molecule has 2 atom stereocenters. The zero-order valence-electron chi connectivity index (χ0n) is 21.8. The summed E-state index contributed by atoms with van der Waals surface area (Å²) in [5, 5.41) is 13.7. The number of benzene rings is 1. The predicted octanol–water partition coefficient (Wildman–Crippen LogP) is 4.28. The fourth-order valence-corrected chi connectivity index (χ4v) is 5.77. The maximum absolute atomic E-state index is 13.5. The number of fused-ring (bicyclic) bond motifs is 2. The van der Waals surface area contributed by atoms with Crippen molar-refractivity contribution in [2.45, 2.75) is 28.8 Å². The fraction of sp³-hybridized carbons (Fsp3) is 0.407. The van der Waals surface area contributed by atoms with Crippen LogP contribution in [0.2, 0.25) is 0 Å². The molecular weight excluding hydrogens is 529 g/mol. The number of nitrogens with one attached hydrogen (secondary N) is 3. The Hall–Kier alpha value is -3.56. The van der Waals surface area contributed by atoms with Crippen molar-refractivity contribution in [3.63, 3.8) is 0 Å². The first-order valence-electron chi connectivity index (χ1n) is 12.5. The first-order chi connectivity index (χ1) is 18.6. The van der Waals surface area contributed by atoms with E-state index in [1.165, 1.54) is 18.7 Å². The van der Waals surface area contributed by atoms with Crippen LogP contribution in [0.1, 0.15) is 28.9 Å². The zero-order valence-corrected chi connectivity index (χ0v) is 22.6. The monoisotopic (exact) mass is 558 g/mol. The van der Waals surface area contributed by atoms with Gasteiger partial charge >= 0.3 is 5.51 Å². The zero-order chi connectivity index (χ0) is 27.8. The Labute approximate surface area is 228 Å². The Morgan fingerprint density at radius 3 is 2.85 bits per heavy atom. The summed E-state index contributed by atoms with van der Waals surface area (Å²) in [6, 6.07) is 10.1. The molecule has 1 aliphatic carbocycles. The molecule has 39 heavy (non-hydrogen) atoms. The number of nitrogens with zero attached hydrogens (tertiary/aromatic N) is 3. The maximum atomic E-state index is 13.5. The number of halogens is 3. The molecule has 1 aliphatic heterocycles. The lowest BCUT2D eigenvalue weighted by atomic mass is 10.1. The summed E-state index contributed by atoms with van der Waals surface area (Å²) in [5.74, 6) is 7.11. The Morgan fingerprint density at radius 1 is 1.31 bits per heavy atom. The molecule has 2 aromatic heterocycles. The van der Waals surface area contributed by atoms with Crippen LogP contribution < -0.4 is 20.7 Å². The number of carbonyl (C=O) groups is 1. The third kappa shape index (κ3) is 5.74. The second-order valence-corrected chi connectivity index (χ2v) is 10.9.